The molecule has 1 aromatic heterocycles. The quantitative estimate of drug-likeness (QED) is 0.669. The summed E-state index contributed by atoms with van der Waals surface area (Å²) in [6.45, 7) is 0.246. The van der Waals surface area contributed by atoms with Crippen molar-refractivity contribution in [3.63, 3.8) is 0 Å². The molecule has 1 aromatic carbocycles. The molecule has 1 N–H and O–H groups in total. The van der Waals surface area contributed by atoms with Crippen molar-refractivity contribution in [3.8, 4) is 0 Å². The number of benzene rings is 1. The minimum absolute atomic E-state index is 0.133. The molecule has 3 heterocycles. The summed E-state index contributed by atoms with van der Waals surface area (Å²) >= 11 is 5.31. The van der Waals surface area contributed by atoms with Gasteiger partial charge in [0.2, 0.25) is 5.91 Å². The summed E-state index contributed by atoms with van der Waals surface area (Å²) in [7, 11) is -0.599. The SMILES string of the molecule is O=C1OCc2cc(C3C(=O)NC(=S)S3=Cc3ccco3)ccc21. The molecule has 7 heteroatoms. The van der Waals surface area contributed by atoms with Gasteiger partial charge >= 0.3 is 5.97 Å². The molecule has 23 heavy (non-hydrogen) atoms. The molecule has 2 atom stereocenters. The first-order valence-corrected chi connectivity index (χ1v) is 8.64. The van der Waals surface area contributed by atoms with E-state index < -0.39 is 15.7 Å². The topological polar surface area (TPSA) is 68.5 Å². The highest BCUT2D eigenvalue weighted by molar-refractivity contribution is 8.35. The maximum absolute atomic E-state index is 12.3. The number of thiocarbonyl (C=S) groups is 1. The van der Waals surface area contributed by atoms with E-state index in [9.17, 15) is 9.59 Å². The fraction of sp³-hybridized carbons (Fsp3) is 0.125. The molecule has 2 unspecified atom stereocenters. The van der Waals surface area contributed by atoms with E-state index in [-0.39, 0.29) is 18.5 Å². The standard InChI is InChI=1S/C16H11NO4S2/c18-14-13(9-3-4-12-10(6-9)7-21-15(12)19)23(16(22)17-14)8-11-2-1-5-20-11/h1-6,8,13H,7H2,(H,17,18,22). The molecule has 0 spiro atoms. The van der Waals surface area contributed by atoms with E-state index in [0.29, 0.717) is 15.6 Å². The number of fused-ring (bicyclic) bond motifs is 1. The van der Waals surface area contributed by atoms with Crippen molar-refractivity contribution in [2.45, 2.75) is 11.9 Å². The number of ether oxygens (including phenoxy) is 1. The molecule has 2 aliphatic rings. The fourth-order valence-corrected chi connectivity index (χ4v) is 4.99. The molecule has 1 fully saturated rings. The number of amides is 1. The predicted molar refractivity (Wildman–Crippen MR) is 90.5 cm³/mol. The van der Waals surface area contributed by atoms with Gasteiger partial charge in [0.15, 0.2) is 0 Å². The van der Waals surface area contributed by atoms with Crippen LogP contribution in [0.4, 0.5) is 0 Å². The Balaban J connectivity index is 1.78. The van der Waals surface area contributed by atoms with E-state index in [1.165, 1.54) is 0 Å². The van der Waals surface area contributed by atoms with Crippen molar-refractivity contribution in [2.75, 3.05) is 0 Å². The summed E-state index contributed by atoms with van der Waals surface area (Å²) in [5.74, 6) is 0.224. The van der Waals surface area contributed by atoms with Crippen LogP contribution >= 0.6 is 22.7 Å². The van der Waals surface area contributed by atoms with Crippen molar-refractivity contribution in [1.29, 1.82) is 0 Å². The lowest BCUT2D eigenvalue weighted by atomic mass is 10.0. The van der Waals surface area contributed by atoms with Gasteiger partial charge in [0.05, 0.1) is 11.8 Å². The van der Waals surface area contributed by atoms with Gasteiger partial charge in [-0.05, 0) is 29.8 Å². The Kier molecular flexibility index (Phi) is 3.39. The number of hydrogen-bond acceptors (Lipinski definition) is 5. The molecule has 0 radical (unpaired) electrons. The molecular formula is C16H11NO4S2. The number of rotatable bonds is 2. The molecule has 0 bridgehead atoms. The lowest BCUT2D eigenvalue weighted by Gasteiger charge is -2.11. The summed E-state index contributed by atoms with van der Waals surface area (Å²) in [5.41, 5.74) is 2.19. The van der Waals surface area contributed by atoms with Crippen LogP contribution in [0.1, 0.15) is 32.5 Å². The molecule has 4 rings (SSSR count). The van der Waals surface area contributed by atoms with Crippen LogP contribution in [0, 0.1) is 0 Å². The molecule has 0 aliphatic carbocycles. The number of carbonyl (C=O) groups is 2. The van der Waals surface area contributed by atoms with Gasteiger partial charge < -0.3 is 14.5 Å². The van der Waals surface area contributed by atoms with Crippen LogP contribution in [0.15, 0.2) is 41.0 Å². The van der Waals surface area contributed by atoms with E-state index in [1.807, 2.05) is 17.5 Å². The van der Waals surface area contributed by atoms with Crippen LogP contribution in [-0.4, -0.2) is 21.6 Å². The number of furan rings is 1. The maximum Gasteiger partial charge on any atom is 0.338 e. The van der Waals surface area contributed by atoms with Crippen LogP contribution < -0.4 is 5.32 Å². The Morgan fingerprint density at radius 1 is 1.30 bits per heavy atom. The zero-order chi connectivity index (χ0) is 16.0. The maximum atomic E-state index is 12.3. The van der Waals surface area contributed by atoms with Gasteiger partial charge in [0, 0.05) is 10.9 Å². The number of hydrogen-bond donors (Lipinski definition) is 1. The highest BCUT2D eigenvalue weighted by Gasteiger charge is 2.35. The summed E-state index contributed by atoms with van der Waals surface area (Å²) in [6, 6.07) is 8.97. The van der Waals surface area contributed by atoms with Gasteiger partial charge in [-0.25, -0.2) is 4.79 Å². The van der Waals surface area contributed by atoms with Crippen LogP contribution in [-0.2, 0) is 16.1 Å². The molecule has 2 aliphatic heterocycles. The zero-order valence-electron chi connectivity index (χ0n) is 11.8. The molecule has 116 valence electrons. The first kappa shape index (κ1) is 14.3. The third-order valence-electron chi connectivity index (χ3n) is 3.73. The highest BCUT2D eigenvalue weighted by atomic mass is 32.2. The minimum Gasteiger partial charge on any atom is -0.464 e. The first-order chi connectivity index (χ1) is 11.1. The van der Waals surface area contributed by atoms with E-state index in [1.54, 1.807) is 24.5 Å². The molecule has 1 amide bonds. The summed E-state index contributed by atoms with van der Waals surface area (Å²) in [6.07, 6.45) is 1.58. The smallest absolute Gasteiger partial charge is 0.338 e. The van der Waals surface area contributed by atoms with Crippen molar-refractivity contribution in [1.82, 2.24) is 5.32 Å². The second-order valence-corrected chi connectivity index (χ2v) is 7.68. The zero-order valence-corrected chi connectivity index (χ0v) is 13.4. The Bertz CT molecular complexity index is 870. The van der Waals surface area contributed by atoms with Crippen molar-refractivity contribution in [3.05, 3.63) is 59.0 Å². The summed E-state index contributed by atoms with van der Waals surface area (Å²) in [4.78, 5) is 23.9. The number of esters is 1. The van der Waals surface area contributed by atoms with Crippen molar-refractivity contribution >= 4 is 44.3 Å². The van der Waals surface area contributed by atoms with Gasteiger partial charge in [-0.15, -0.1) is 10.5 Å². The van der Waals surface area contributed by atoms with Crippen molar-refractivity contribution in [2.24, 2.45) is 0 Å². The second kappa shape index (κ2) is 5.43. The molecule has 5 nitrogen and oxygen atoms in total. The Morgan fingerprint density at radius 3 is 2.96 bits per heavy atom. The Labute approximate surface area is 139 Å². The second-order valence-electron chi connectivity index (χ2n) is 5.15. The van der Waals surface area contributed by atoms with Gasteiger partial charge in [-0.1, -0.05) is 18.3 Å². The lowest BCUT2D eigenvalue weighted by Crippen LogP contribution is -2.20. The first-order valence-electron chi connectivity index (χ1n) is 6.88. The van der Waals surface area contributed by atoms with Gasteiger partial charge in [0.1, 0.15) is 21.9 Å². The number of carbonyl (C=O) groups excluding carboxylic acids is 2. The van der Waals surface area contributed by atoms with Crippen molar-refractivity contribution < 1.29 is 18.7 Å². The fourth-order valence-electron chi connectivity index (χ4n) is 2.67. The molecule has 1 saturated heterocycles. The van der Waals surface area contributed by atoms with Crippen LogP contribution in [0.25, 0.3) is 0 Å². The Hall–Kier alpha value is -2.25. The Morgan fingerprint density at radius 2 is 2.17 bits per heavy atom. The predicted octanol–water partition coefficient (Wildman–Crippen LogP) is 2.53. The van der Waals surface area contributed by atoms with Crippen LogP contribution in [0.5, 0.6) is 0 Å². The van der Waals surface area contributed by atoms with E-state index in [2.05, 4.69) is 5.32 Å². The van der Waals surface area contributed by atoms with Gasteiger partial charge in [0.25, 0.3) is 0 Å². The molecule has 2 aromatic rings. The molecular weight excluding hydrogens is 334 g/mol. The van der Waals surface area contributed by atoms with Gasteiger partial charge in [-0.3, -0.25) is 4.79 Å². The van der Waals surface area contributed by atoms with E-state index in [0.717, 1.165) is 11.1 Å². The normalized spacial score (nSPS) is 23.0. The largest absolute Gasteiger partial charge is 0.464 e. The summed E-state index contributed by atoms with van der Waals surface area (Å²) in [5, 5.41) is 4.20. The molecule has 0 saturated carbocycles. The highest BCUT2D eigenvalue weighted by Crippen LogP contribution is 2.42. The van der Waals surface area contributed by atoms with Crippen LogP contribution in [0.2, 0.25) is 0 Å². The number of nitrogens with one attached hydrogen (secondary N) is 1. The van der Waals surface area contributed by atoms with E-state index in [4.69, 9.17) is 21.4 Å². The third kappa shape index (κ3) is 2.42. The minimum atomic E-state index is -0.599. The lowest BCUT2D eigenvalue weighted by molar-refractivity contribution is -0.118. The average Bonchev–Trinajstić information content (AvgIpc) is 3.22. The van der Waals surface area contributed by atoms with Crippen LogP contribution in [0.3, 0.4) is 0 Å². The van der Waals surface area contributed by atoms with E-state index >= 15 is 0 Å². The number of cyclic esters (lactones) is 1. The third-order valence-corrected chi connectivity index (χ3v) is 6.42. The van der Waals surface area contributed by atoms with Gasteiger partial charge in [-0.2, -0.15) is 0 Å². The monoisotopic (exact) mass is 345 g/mol. The average molecular weight is 345 g/mol. The summed E-state index contributed by atoms with van der Waals surface area (Å²) < 4.78 is 10.9.